The monoisotopic (exact) mass is 341 g/mol. The molecule has 23 heavy (non-hydrogen) atoms. The predicted octanol–water partition coefficient (Wildman–Crippen LogP) is 4.97. The number of nitro groups is 1. The van der Waals surface area contributed by atoms with E-state index in [1.807, 2.05) is 0 Å². The molecule has 2 aromatic carbocycles. The number of hydrogen-bond donors (Lipinski definition) is 0. The first kappa shape index (κ1) is 17.0. The van der Waals surface area contributed by atoms with Crippen molar-refractivity contribution in [1.29, 1.82) is 0 Å². The molecule has 120 valence electrons. The van der Waals surface area contributed by atoms with E-state index in [9.17, 15) is 28.1 Å². The Hall–Kier alpha value is -2.35. The van der Waals surface area contributed by atoms with Crippen molar-refractivity contribution in [3.8, 4) is 0 Å². The molecule has 4 nitrogen and oxygen atoms in total. The van der Waals surface area contributed by atoms with Crippen molar-refractivity contribution < 1.29 is 22.9 Å². The Balaban J connectivity index is 2.54. The van der Waals surface area contributed by atoms with Crippen LogP contribution in [-0.4, -0.2) is 10.7 Å². The first-order valence-corrected chi connectivity index (χ1v) is 7.15. The molecule has 0 saturated carbocycles. The van der Waals surface area contributed by atoms with Crippen LogP contribution in [0.1, 0.15) is 22.8 Å². The highest BCUT2D eigenvalue weighted by Gasteiger charge is 2.33. The third-order valence-electron chi connectivity index (χ3n) is 2.98. The molecule has 0 amide bonds. The quantitative estimate of drug-likeness (QED) is 0.448. The van der Waals surface area contributed by atoms with E-state index >= 15 is 0 Å². The smallest absolute Gasteiger partial charge is 0.295 e. The van der Waals surface area contributed by atoms with Gasteiger partial charge in [-0.15, -0.1) is 0 Å². The molecule has 0 fully saturated rings. The van der Waals surface area contributed by atoms with Crippen LogP contribution in [-0.2, 0) is 6.18 Å². The molecule has 0 atom stereocenters. The number of nitrogens with zero attached hydrogens (tertiary/aromatic N) is 1. The highest BCUT2D eigenvalue weighted by molar-refractivity contribution is 7.99. The Labute approximate surface area is 133 Å². The number of nitro benzene ring substituents is 1. The van der Waals surface area contributed by atoms with Gasteiger partial charge in [-0.2, -0.15) is 13.2 Å². The standard InChI is InChI=1S/C15H10F3NO3S/c1-9(20)10-6-7-12(19(21)22)14(8-10)23-13-5-3-2-4-11(13)15(16,17)18/h2-8H,1H3. The van der Waals surface area contributed by atoms with Crippen molar-refractivity contribution >= 4 is 23.2 Å². The summed E-state index contributed by atoms with van der Waals surface area (Å²) in [6.45, 7) is 1.28. The number of alkyl halides is 3. The van der Waals surface area contributed by atoms with Crippen molar-refractivity contribution in [2.24, 2.45) is 0 Å². The Morgan fingerprint density at radius 1 is 1.13 bits per heavy atom. The fraction of sp³-hybridized carbons (Fsp3) is 0.133. The van der Waals surface area contributed by atoms with Crippen LogP contribution in [0.4, 0.5) is 18.9 Å². The molecule has 0 saturated heterocycles. The van der Waals surface area contributed by atoms with Gasteiger partial charge in [0.2, 0.25) is 0 Å². The number of hydrogen-bond acceptors (Lipinski definition) is 4. The normalized spacial score (nSPS) is 11.3. The van der Waals surface area contributed by atoms with Gasteiger partial charge in [-0.25, -0.2) is 0 Å². The van der Waals surface area contributed by atoms with E-state index in [0.29, 0.717) is 11.8 Å². The highest BCUT2D eigenvalue weighted by Crippen LogP contribution is 2.42. The first-order chi connectivity index (χ1) is 10.7. The summed E-state index contributed by atoms with van der Waals surface area (Å²) in [5, 5.41) is 11.1. The van der Waals surface area contributed by atoms with Crippen molar-refractivity contribution in [2.75, 3.05) is 0 Å². The van der Waals surface area contributed by atoms with Crippen LogP contribution >= 0.6 is 11.8 Å². The van der Waals surface area contributed by atoms with Gasteiger partial charge in [0.25, 0.3) is 5.69 Å². The lowest BCUT2D eigenvalue weighted by Crippen LogP contribution is -2.06. The summed E-state index contributed by atoms with van der Waals surface area (Å²) in [7, 11) is 0. The second-order valence-electron chi connectivity index (χ2n) is 4.59. The van der Waals surface area contributed by atoms with Crippen molar-refractivity contribution in [2.45, 2.75) is 22.9 Å². The van der Waals surface area contributed by atoms with Crippen LogP contribution < -0.4 is 0 Å². The zero-order valence-electron chi connectivity index (χ0n) is 11.8. The van der Waals surface area contributed by atoms with Crippen LogP contribution in [0.15, 0.2) is 52.3 Å². The van der Waals surface area contributed by atoms with E-state index in [1.54, 1.807) is 0 Å². The average molecular weight is 341 g/mol. The molecule has 8 heteroatoms. The summed E-state index contributed by atoms with van der Waals surface area (Å²) in [5.74, 6) is -0.328. The lowest BCUT2D eigenvalue weighted by Gasteiger charge is -2.12. The number of ketones is 1. The topological polar surface area (TPSA) is 60.2 Å². The van der Waals surface area contributed by atoms with E-state index in [1.165, 1.54) is 37.3 Å². The van der Waals surface area contributed by atoms with Gasteiger partial charge in [0, 0.05) is 16.5 Å². The van der Waals surface area contributed by atoms with E-state index in [-0.39, 0.29) is 26.8 Å². The summed E-state index contributed by atoms with van der Waals surface area (Å²) in [6.07, 6.45) is -4.57. The largest absolute Gasteiger partial charge is 0.417 e. The number of halogens is 3. The minimum Gasteiger partial charge on any atom is -0.295 e. The van der Waals surface area contributed by atoms with Gasteiger partial charge >= 0.3 is 6.18 Å². The maximum Gasteiger partial charge on any atom is 0.417 e. The molecule has 0 N–H and O–H groups in total. The van der Waals surface area contributed by atoms with E-state index in [0.717, 1.165) is 12.1 Å². The van der Waals surface area contributed by atoms with Gasteiger partial charge in [-0.1, -0.05) is 23.9 Å². The van der Waals surface area contributed by atoms with Crippen LogP contribution in [0.3, 0.4) is 0 Å². The minimum atomic E-state index is -4.57. The van der Waals surface area contributed by atoms with Gasteiger partial charge in [-0.05, 0) is 31.2 Å². The van der Waals surface area contributed by atoms with Crippen molar-refractivity contribution in [1.82, 2.24) is 0 Å². The Kier molecular flexibility index (Phi) is 4.74. The van der Waals surface area contributed by atoms with E-state index in [4.69, 9.17) is 0 Å². The highest BCUT2D eigenvalue weighted by atomic mass is 32.2. The summed E-state index contributed by atoms with van der Waals surface area (Å²) in [6, 6.07) is 8.43. The van der Waals surface area contributed by atoms with Gasteiger partial charge in [-0.3, -0.25) is 14.9 Å². The molecule has 0 aliphatic rings. The molecule has 2 rings (SSSR count). The summed E-state index contributed by atoms with van der Waals surface area (Å²) >= 11 is 0.614. The maximum absolute atomic E-state index is 13.0. The Morgan fingerprint density at radius 3 is 2.35 bits per heavy atom. The number of benzene rings is 2. The molecule has 0 bridgehead atoms. The average Bonchev–Trinajstić information content (AvgIpc) is 2.46. The molecule has 0 aliphatic carbocycles. The second kappa shape index (κ2) is 6.41. The SMILES string of the molecule is CC(=O)c1ccc([N+](=O)[O-])c(Sc2ccccc2C(F)(F)F)c1. The van der Waals surface area contributed by atoms with E-state index < -0.39 is 16.7 Å². The molecule has 0 aromatic heterocycles. The zero-order valence-corrected chi connectivity index (χ0v) is 12.6. The van der Waals surface area contributed by atoms with Crippen LogP contribution in [0, 0.1) is 10.1 Å². The van der Waals surface area contributed by atoms with Gasteiger partial charge in [0.05, 0.1) is 15.4 Å². The molecule has 0 unspecified atom stereocenters. The Morgan fingerprint density at radius 2 is 1.78 bits per heavy atom. The summed E-state index contributed by atoms with van der Waals surface area (Å²) in [5.41, 5.74) is -1.04. The molecule has 2 aromatic rings. The van der Waals surface area contributed by atoms with Crippen LogP contribution in [0.2, 0.25) is 0 Å². The fourth-order valence-corrected chi connectivity index (χ4v) is 2.98. The first-order valence-electron chi connectivity index (χ1n) is 6.33. The third kappa shape index (κ3) is 3.89. The van der Waals surface area contributed by atoms with Crippen LogP contribution in [0.5, 0.6) is 0 Å². The Bertz CT molecular complexity index is 775. The molecular weight excluding hydrogens is 331 g/mol. The van der Waals surface area contributed by atoms with Crippen molar-refractivity contribution in [3.05, 3.63) is 63.7 Å². The maximum atomic E-state index is 13.0. The molecular formula is C15H10F3NO3S. The lowest BCUT2D eigenvalue weighted by atomic mass is 10.1. The second-order valence-corrected chi connectivity index (χ2v) is 5.68. The van der Waals surface area contributed by atoms with Gasteiger partial charge in [0.1, 0.15) is 0 Å². The summed E-state index contributed by atoms with van der Waals surface area (Å²) in [4.78, 5) is 21.6. The molecule has 0 aliphatic heterocycles. The fourth-order valence-electron chi connectivity index (χ4n) is 1.87. The van der Waals surface area contributed by atoms with Crippen LogP contribution in [0.25, 0.3) is 0 Å². The number of carbonyl (C=O) groups excluding carboxylic acids is 1. The number of carbonyl (C=O) groups is 1. The third-order valence-corrected chi connectivity index (χ3v) is 4.10. The lowest BCUT2D eigenvalue weighted by molar-refractivity contribution is -0.387. The van der Waals surface area contributed by atoms with E-state index in [2.05, 4.69) is 0 Å². The molecule has 0 radical (unpaired) electrons. The minimum absolute atomic E-state index is 0.0144. The van der Waals surface area contributed by atoms with Gasteiger partial charge < -0.3 is 0 Å². The number of rotatable bonds is 4. The zero-order chi connectivity index (χ0) is 17.2. The molecule has 0 spiro atoms. The number of Topliss-reactive ketones (excluding diaryl/α,β-unsaturated/α-hetero) is 1. The predicted molar refractivity (Wildman–Crippen MR) is 78.7 cm³/mol. The molecule has 0 heterocycles. The summed E-state index contributed by atoms with van der Waals surface area (Å²) < 4.78 is 39.0. The van der Waals surface area contributed by atoms with Gasteiger partial charge in [0.15, 0.2) is 5.78 Å². The van der Waals surface area contributed by atoms with Crippen molar-refractivity contribution in [3.63, 3.8) is 0 Å².